The van der Waals surface area contributed by atoms with Crippen LogP contribution in [-0.4, -0.2) is 25.0 Å². The summed E-state index contributed by atoms with van der Waals surface area (Å²) in [7, 11) is 1.73. The van der Waals surface area contributed by atoms with Crippen molar-refractivity contribution in [1.82, 2.24) is 4.98 Å². The molecule has 1 heterocycles. The van der Waals surface area contributed by atoms with E-state index in [1.165, 1.54) is 18.3 Å². The van der Waals surface area contributed by atoms with Crippen molar-refractivity contribution in [2.75, 3.05) is 12.4 Å². The number of aromatic nitrogens is 1. The maximum absolute atomic E-state index is 13.4. The smallest absolute Gasteiger partial charge is 0.130 e. The summed E-state index contributed by atoms with van der Waals surface area (Å²) in [4.78, 5) is 16.6. The van der Waals surface area contributed by atoms with Crippen LogP contribution in [0.15, 0.2) is 84.1 Å². The molecule has 0 radical (unpaired) electrons. The van der Waals surface area contributed by atoms with Crippen LogP contribution < -0.4 is 11.1 Å². The number of rotatable bonds is 8. The number of aliphatic imine (C=N–C) groups is 1. The summed E-state index contributed by atoms with van der Waals surface area (Å²) in [5.74, 6) is 0.355. The molecule has 0 fully saturated rings. The lowest BCUT2D eigenvalue weighted by molar-refractivity contribution is -0.0979. The van der Waals surface area contributed by atoms with Gasteiger partial charge < -0.3 is 15.8 Å². The van der Waals surface area contributed by atoms with Gasteiger partial charge >= 0.3 is 0 Å². The summed E-state index contributed by atoms with van der Waals surface area (Å²) in [5.41, 5.74) is 10.8. The summed E-state index contributed by atoms with van der Waals surface area (Å²) in [5, 5.41) is 12.7. The number of hydrogen-bond donors (Lipinski definition) is 2. The molecule has 192 valence electrons. The molecule has 2 aromatic carbocycles. The Morgan fingerprint density at radius 3 is 2.41 bits per heavy atom. The van der Waals surface area contributed by atoms with Gasteiger partial charge in [0.25, 0.3) is 0 Å². The molecule has 0 aliphatic heterocycles. The van der Waals surface area contributed by atoms with E-state index in [9.17, 15) is 9.65 Å². The van der Waals surface area contributed by atoms with Gasteiger partial charge in [-0.3, -0.25) is 4.99 Å². The topological polar surface area (TPSA) is 104 Å². The van der Waals surface area contributed by atoms with E-state index in [-0.39, 0.29) is 11.7 Å². The van der Waals surface area contributed by atoms with Crippen molar-refractivity contribution >= 4 is 24.4 Å². The normalized spacial score (nSPS) is 11.6. The molecule has 1 atom stereocenters. The Bertz CT molecular complexity index is 1230. The lowest BCUT2D eigenvalue weighted by Gasteiger charge is -2.18. The van der Waals surface area contributed by atoms with Crippen molar-refractivity contribution < 1.29 is 9.18 Å². The summed E-state index contributed by atoms with van der Waals surface area (Å²) in [6.07, 6.45) is 8.50. The molecule has 7 heteroatoms. The Morgan fingerprint density at radius 1 is 1.19 bits per heavy atom. The molecule has 0 bridgehead atoms. The lowest BCUT2D eigenvalue weighted by Crippen LogP contribution is -2.08. The van der Waals surface area contributed by atoms with Gasteiger partial charge in [0.1, 0.15) is 24.5 Å². The number of anilines is 1. The third kappa shape index (κ3) is 9.19. The number of allylic oxidation sites excluding steroid dienone is 3. The molecule has 0 unspecified atom stereocenters. The lowest BCUT2D eigenvalue weighted by atomic mass is 9.92. The first-order chi connectivity index (χ1) is 18.0. The van der Waals surface area contributed by atoms with Gasteiger partial charge in [-0.05, 0) is 52.7 Å². The van der Waals surface area contributed by atoms with Crippen molar-refractivity contribution in [2.45, 2.75) is 33.2 Å². The summed E-state index contributed by atoms with van der Waals surface area (Å²) in [6.45, 7) is 8.58. The monoisotopic (exact) mass is 499 g/mol. The van der Waals surface area contributed by atoms with Crippen molar-refractivity contribution in [3.63, 3.8) is 0 Å². The zero-order valence-corrected chi connectivity index (χ0v) is 21.8. The fraction of sp³-hybridized carbons (Fsp3) is 0.200. The number of carbonyl (C=O) groups excluding carboxylic acids is 1. The molecule has 0 spiro atoms. The average molecular weight is 500 g/mol. The molecular weight excluding hydrogens is 465 g/mol. The minimum Gasteiger partial charge on any atom is -0.405 e. The van der Waals surface area contributed by atoms with Gasteiger partial charge in [0.05, 0.1) is 5.56 Å². The number of nitrogens with two attached hydrogens (primary N) is 1. The molecule has 3 rings (SSSR count). The van der Waals surface area contributed by atoms with E-state index in [2.05, 4.69) is 21.4 Å². The molecule has 3 aromatic rings. The number of pyridine rings is 1. The minimum atomic E-state index is -0.279. The van der Waals surface area contributed by atoms with Crippen LogP contribution in [0.3, 0.4) is 0 Å². The highest BCUT2D eigenvalue weighted by atomic mass is 19.1. The van der Waals surface area contributed by atoms with Gasteiger partial charge in [0.15, 0.2) is 0 Å². The Kier molecular flexibility index (Phi) is 14.0. The Balaban J connectivity index is 0.00000163. The molecule has 6 nitrogen and oxygen atoms in total. The van der Waals surface area contributed by atoms with Gasteiger partial charge in [0, 0.05) is 37.5 Å². The fourth-order valence-electron chi connectivity index (χ4n) is 3.46. The van der Waals surface area contributed by atoms with Gasteiger partial charge in [-0.15, -0.1) is 0 Å². The second-order valence-corrected chi connectivity index (χ2v) is 7.49. The van der Waals surface area contributed by atoms with E-state index in [4.69, 9.17) is 10.5 Å². The van der Waals surface area contributed by atoms with Gasteiger partial charge in [-0.1, -0.05) is 63.2 Å². The van der Waals surface area contributed by atoms with Crippen molar-refractivity contribution in [1.29, 1.82) is 5.26 Å². The molecule has 1 aromatic heterocycles. The van der Waals surface area contributed by atoms with Crippen molar-refractivity contribution in [2.24, 2.45) is 10.7 Å². The number of nitrogens with one attached hydrogen (secondary N) is 1. The van der Waals surface area contributed by atoms with E-state index in [0.29, 0.717) is 17.9 Å². The first-order valence-electron chi connectivity index (χ1n) is 11.8. The van der Waals surface area contributed by atoms with E-state index < -0.39 is 0 Å². The van der Waals surface area contributed by atoms with Gasteiger partial charge in [0.2, 0.25) is 0 Å². The maximum atomic E-state index is 13.4. The van der Waals surface area contributed by atoms with Crippen molar-refractivity contribution in [3.8, 4) is 6.07 Å². The fourth-order valence-corrected chi connectivity index (χ4v) is 3.46. The first kappa shape index (κ1) is 30.5. The van der Waals surface area contributed by atoms with Crippen LogP contribution in [0.4, 0.5) is 10.2 Å². The Labute approximate surface area is 219 Å². The van der Waals surface area contributed by atoms with Crippen LogP contribution in [-0.2, 0) is 11.3 Å². The number of halogens is 1. The van der Waals surface area contributed by atoms with Crippen LogP contribution >= 0.6 is 0 Å². The average Bonchev–Trinajstić information content (AvgIpc) is 2.96. The van der Waals surface area contributed by atoms with Gasteiger partial charge in [-0.2, -0.15) is 5.26 Å². The zero-order valence-electron chi connectivity index (χ0n) is 21.8. The zero-order chi connectivity index (χ0) is 27.6. The number of carbonyl (C=O) groups is 1. The molecule has 0 saturated carbocycles. The maximum Gasteiger partial charge on any atom is 0.130 e. The van der Waals surface area contributed by atoms with Crippen LogP contribution in [0.25, 0.3) is 5.57 Å². The minimum absolute atomic E-state index is 0.0621. The third-order valence-corrected chi connectivity index (χ3v) is 5.29. The van der Waals surface area contributed by atoms with E-state index >= 15 is 0 Å². The Morgan fingerprint density at radius 2 is 1.84 bits per heavy atom. The second kappa shape index (κ2) is 17.0. The van der Waals surface area contributed by atoms with Crippen LogP contribution in [0.5, 0.6) is 0 Å². The number of nitriles is 1. The predicted molar refractivity (Wildman–Crippen MR) is 151 cm³/mol. The Hall–Kier alpha value is -4.57. The molecule has 0 saturated heterocycles. The highest BCUT2D eigenvalue weighted by Gasteiger charge is 2.15. The molecule has 0 amide bonds. The summed E-state index contributed by atoms with van der Waals surface area (Å²) in [6, 6.07) is 18.5. The number of hydrogen-bond acceptors (Lipinski definition) is 6. The van der Waals surface area contributed by atoms with Gasteiger partial charge in [-0.25, -0.2) is 9.37 Å². The van der Waals surface area contributed by atoms with Crippen LogP contribution in [0.2, 0.25) is 0 Å². The highest BCUT2D eigenvalue weighted by molar-refractivity contribution is 6.10. The predicted octanol–water partition coefficient (Wildman–Crippen LogP) is 6.25. The number of benzene rings is 2. The largest absolute Gasteiger partial charge is 0.405 e. The molecule has 0 aliphatic rings. The van der Waals surface area contributed by atoms with Crippen LogP contribution in [0.1, 0.15) is 54.5 Å². The van der Waals surface area contributed by atoms with E-state index in [0.717, 1.165) is 27.8 Å². The van der Waals surface area contributed by atoms with Crippen LogP contribution in [0, 0.1) is 17.1 Å². The standard InChI is InChI=1S/C27H26FN5.C2H6.CH2O/c1-19(22-9-11-25(28)12-10-22)26-14-21(15-30)17-33-27(26)32-16-20-5-7-23(8-6-20)24(18-31-2)4-3-13-29;2*1-2/h3-14,17-19H,16,29H2,1-2H3,(H,32,33);1-2H3;1H2/b13-3+,24-4+,31-18?;;/t19-;;/m0../s1. The second-order valence-electron chi connectivity index (χ2n) is 7.49. The summed E-state index contributed by atoms with van der Waals surface area (Å²) < 4.78 is 13.4. The molecule has 37 heavy (non-hydrogen) atoms. The van der Waals surface area contributed by atoms with E-state index in [1.54, 1.807) is 37.7 Å². The van der Waals surface area contributed by atoms with Crippen molar-refractivity contribution in [3.05, 3.63) is 113 Å². The molecular formula is C30H34FN5O. The highest BCUT2D eigenvalue weighted by Crippen LogP contribution is 2.30. The molecule has 3 N–H and O–H groups in total. The van der Waals surface area contributed by atoms with E-state index in [1.807, 2.05) is 64.0 Å². The molecule has 0 aliphatic carbocycles. The SMILES string of the molecule is C=O.CC.CN=C/C(=C\C=C\N)c1ccc(CNc2ncc(C#N)cc2[C@@H](C)c2ccc(F)cc2)cc1. The first-order valence-corrected chi connectivity index (χ1v) is 11.8. The third-order valence-electron chi connectivity index (χ3n) is 5.29. The summed E-state index contributed by atoms with van der Waals surface area (Å²) >= 11 is 0. The number of nitrogens with zero attached hydrogens (tertiary/aromatic N) is 3. The quantitative estimate of drug-likeness (QED) is 0.281.